The van der Waals surface area contributed by atoms with E-state index < -0.39 is 5.91 Å². The molecule has 1 saturated heterocycles. The molecular weight excluding hydrogens is 220 g/mol. The van der Waals surface area contributed by atoms with Crippen LogP contribution in [0.4, 0.5) is 0 Å². The Morgan fingerprint density at radius 2 is 2.00 bits per heavy atom. The summed E-state index contributed by atoms with van der Waals surface area (Å²) >= 11 is 0. The zero-order valence-corrected chi connectivity index (χ0v) is 10.3. The number of piperidine rings is 1. The maximum absolute atomic E-state index is 11.6. The monoisotopic (exact) mass is 242 g/mol. The number of nitrogens with two attached hydrogens (primary N) is 2. The summed E-state index contributed by atoms with van der Waals surface area (Å²) in [5, 5.41) is 2.76. The molecular formula is C11H22N4O2. The van der Waals surface area contributed by atoms with Crippen LogP contribution in [-0.2, 0) is 9.59 Å². The first-order valence-electron chi connectivity index (χ1n) is 6.03. The van der Waals surface area contributed by atoms with Crippen molar-refractivity contribution in [2.24, 2.45) is 11.5 Å². The van der Waals surface area contributed by atoms with Gasteiger partial charge in [0.25, 0.3) is 0 Å². The van der Waals surface area contributed by atoms with E-state index in [-0.39, 0.29) is 24.4 Å². The summed E-state index contributed by atoms with van der Waals surface area (Å²) in [5.74, 6) is -0.462. The van der Waals surface area contributed by atoms with E-state index in [0.29, 0.717) is 6.54 Å². The first-order valence-corrected chi connectivity index (χ1v) is 6.03. The van der Waals surface area contributed by atoms with Crippen LogP contribution in [0.5, 0.6) is 0 Å². The van der Waals surface area contributed by atoms with E-state index in [4.69, 9.17) is 11.5 Å². The van der Waals surface area contributed by atoms with E-state index in [1.807, 2.05) is 0 Å². The summed E-state index contributed by atoms with van der Waals surface area (Å²) < 4.78 is 0. The number of rotatable bonds is 5. The second-order valence-electron chi connectivity index (χ2n) is 4.75. The average Bonchev–Trinajstić information content (AvgIpc) is 2.19. The van der Waals surface area contributed by atoms with Crippen molar-refractivity contribution in [1.82, 2.24) is 10.2 Å². The second kappa shape index (κ2) is 6.56. The number of primary amides is 1. The molecule has 6 heteroatoms. The Labute approximate surface area is 102 Å². The minimum Gasteiger partial charge on any atom is -0.370 e. The topological polar surface area (TPSA) is 101 Å². The molecule has 1 aliphatic heterocycles. The van der Waals surface area contributed by atoms with Crippen molar-refractivity contribution in [2.45, 2.75) is 38.3 Å². The van der Waals surface area contributed by atoms with Crippen molar-refractivity contribution in [3.8, 4) is 0 Å². The van der Waals surface area contributed by atoms with Crippen molar-refractivity contribution in [3.63, 3.8) is 0 Å². The summed E-state index contributed by atoms with van der Waals surface area (Å²) in [7, 11) is 0. The number of nitrogens with one attached hydrogen (secondary N) is 1. The average molecular weight is 242 g/mol. The molecule has 0 aromatic carbocycles. The number of hydrogen-bond donors (Lipinski definition) is 3. The van der Waals surface area contributed by atoms with Crippen molar-refractivity contribution in [2.75, 3.05) is 19.6 Å². The van der Waals surface area contributed by atoms with Crippen LogP contribution in [0.2, 0.25) is 0 Å². The Kier molecular flexibility index (Phi) is 5.37. The Morgan fingerprint density at radius 1 is 1.41 bits per heavy atom. The third kappa shape index (κ3) is 5.65. The van der Waals surface area contributed by atoms with Crippen molar-refractivity contribution in [1.29, 1.82) is 0 Å². The van der Waals surface area contributed by atoms with Gasteiger partial charge in [0.1, 0.15) is 0 Å². The fourth-order valence-electron chi connectivity index (χ4n) is 1.99. The molecule has 98 valence electrons. The third-order valence-electron chi connectivity index (χ3n) is 2.91. The molecule has 0 aromatic rings. The van der Waals surface area contributed by atoms with Crippen molar-refractivity contribution < 1.29 is 9.59 Å². The first-order chi connectivity index (χ1) is 7.97. The lowest BCUT2D eigenvalue weighted by Gasteiger charge is -2.29. The smallest absolute Gasteiger partial charge is 0.234 e. The molecule has 0 aliphatic carbocycles. The van der Waals surface area contributed by atoms with Gasteiger partial charge in [0.05, 0.1) is 6.54 Å². The molecule has 0 saturated carbocycles. The van der Waals surface area contributed by atoms with Crippen molar-refractivity contribution in [3.05, 3.63) is 0 Å². The number of carbonyl (C=O) groups is 2. The number of nitrogens with zero attached hydrogens (tertiary/aromatic N) is 1. The van der Waals surface area contributed by atoms with Gasteiger partial charge >= 0.3 is 0 Å². The number of likely N-dealkylation sites (tertiary alicyclic amines) is 1. The molecule has 5 N–H and O–H groups in total. The van der Waals surface area contributed by atoms with Crippen LogP contribution in [0.25, 0.3) is 0 Å². The maximum atomic E-state index is 11.6. The number of carbonyl (C=O) groups excluding carboxylic acids is 2. The summed E-state index contributed by atoms with van der Waals surface area (Å²) in [4.78, 5) is 24.4. The predicted molar refractivity (Wildman–Crippen MR) is 65.1 cm³/mol. The number of amides is 2. The van der Waals surface area contributed by atoms with Gasteiger partial charge < -0.3 is 16.8 Å². The van der Waals surface area contributed by atoms with E-state index in [1.165, 1.54) is 0 Å². The summed E-state index contributed by atoms with van der Waals surface area (Å²) in [6.07, 6.45) is 2.05. The summed E-state index contributed by atoms with van der Waals surface area (Å²) in [5.41, 5.74) is 10.8. The summed E-state index contributed by atoms with van der Waals surface area (Å²) in [6.45, 7) is 3.86. The Balaban J connectivity index is 2.22. The molecule has 1 fully saturated rings. The molecule has 1 unspecified atom stereocenters. The predicted octanol–water partition coefficient (Wildman–Crippen LogP) is -1.21. The number of hydrogen-bond acceptors (Lipinski definition) is 4. The van der Waals surface area contributed by atoms with Gasteiger partial charge in [-0.1, -0.05) is 0 Å². The minimum atomic E-state index is -0.401. The Morgan fingerprint density at radius 3 is 2.53 bits per heavy atom. The fourth-order valence-corrected chi connectivity index (χ4v) is 1.99. The Bertz CT molecular complexity index is 275. The molecule has 6 nitrogen and oxygen atoms in total. The fraction of sp³-hybridized carbons (Fsp3) is 0.818. The van der Waals surface area contributed by atoms with E-state index in [1.54, 1.807) is 6.92 Å². The van der Waals surface area contributed by atoms with Gasteiger partial charge in [-0.05, 0) is 19.8 Å². The lowest BCUT2D eigenvalue weighted by atomic mass is 10.1. The van der Waals surface area contributed by atoms with Gasteiger partial charge in [-0.25, -0.2) is 0 Å². The van der Waals surface area contributed by atoms with Crippen LogP contribution in [0.1, 0.15) is 26.2 Å². The molecule has 1 aliphatic rings. The molecule has 0 radical (unpaired) electrons. The minimum absolute atomic E-state index is 0.0609. The molecule has 1 heterocycles. The van der Waals surface area contributed by atoms with Gasteiger partial charge in [-0.3, -0.25) is 14.5 Å². The van der Waals surface area contributed by atoms with Crippen molar-refractivity contribution >= 4 is 11.8 Å². The quantitative estimate of drug-likeness (QED) is 0.563. The highest BCUT2D eigenvalue weighted by molar-refractivity contribution is 5.80. The van der Waals surface area contributed by atoms with Gasteiger partial charge in [0.15, 0.2) is 0 Å². The van der Waals surface area contributed by atoms with Crippen LogP contribution in [-0.4, -0.2) is 48.4 Å². The second-order valence-corrected chi connectivity index (χ2v) is 4.75. The molecule has 0 bridgehead atoms. The van der Waals surface area contributed by atoms with Gasteiger partial charge in [0.2, 0.25) is 11.8 Å². The van der Waals surface area contributed by atoms with E-state index in [9.17, 15) is 9.59 Å². The molecule has 1 atom stereocenters. The Hall–Kier alpha value is -1.14. The van der Waals surface area contributed by atoms with Gasteiger partial charge in [0, 0.05) is 31.6 Å². The van der Waals surface area contributed by atoms with Crippen LogP contribution in [0.3, 0.4) is 0 Å². The van der Waals surface area contributed by atoms with Crippen LogP contribution >= 0.6 is 0 Å². The highest BCUT2D eigenvalue weighted by Gasteiger charge is 2.19. The van der Waals surface area contributed by atoms with Crippen LogP contribution in [0, 0.1) is 0 Å². The third-order valence-corrected chi connectivity index (χ3v) is 2.91. The van der Waals surface area contributed by atoms with Crippen LogP contribution < -0.4 is 16.8 Å². The van der Waals surface area contributed by atoms with E-state index >= 15 is 0 Å². The molecule has 2 amide bonds. The van der Waals surface area contributed by atoms with E-state index in [2.05, 4.69) is 10.2 Å². The highest BCUT2D eigenvalue weighted by atomic mass is 16.2. The highest BCUT2D eigenvalue weighted by Crippen LogP contribution is 2.07. The van der Waals surface area contributed by atoms with Gasteiger partial charge in [-0.15, -0.1) is 0 Å². The molecule has 17 heavy (non-hydrogen) atoms. The lowest BCUT2D eigenvalue weighted by Crippen LogP contribution is -2.46. The summed E-state index contributed by atoms with van der Waals surface area (Å²) in [6, 6.07) is 0.0649. The zero-order chi connectivity index (χ0) is 12.8. The zero-order valence-electron chi connectivity index (χ0n) is 10.3. The molecule has 0 aromatic heterocycles. The normalized spacial score (nSPS) is 19.9. The maximum Gasteiger partial charge on any atom is 0.234 e. The van der Waals surface area contributed by atoms with E-state index in [0.717, 1.165) is 25.9 Å². The lowest BCUT2D eigenvalue weighted by molar-refractivity contribution is -0.123. The molecule has 1 rings (SSSR count). The standard InChI is InChI=1S/C11H22N4O2/c1-8(6-10(13)16)14-11(17)7-15-4-2-9(12)3-5-15/h8-9H,2-7,12H2,1H3,(H2,13,16)(H,14,17). The SMILES string of the molecule is CC(CC(N)=O)NC(=O)CN1CCC(N)CC1. The largest absolute Gasteiger partial charge is 0.370 e. The van der Waals surface area contributed by atoms with Gasteiger partial charge in [-0.2, -0.15) is 0 Å². The molecule has 0 spiro atoms. The van der Waals surface area contributed by atoms with Crippen LogP contribution in [0.15, 0.2) is 0 Å². The first kappa shape index (κ1) is 13.9.